The second kappa shape index (κ2) is 7.36. The number of halogens is 1. The molecule has 2 atom stereocenters. The average Bonchev–Trinajstić information content (AvgIpc) is 2.32. The van der Waals surface area contributed by atoms with E-state index in [0.29, 0.717) is 12.1 Å². The molecule has 0 radical (unpaired) electrons. The van der Waals surface area contributed by atoms with Crippen molar-refractivity contribution in [2.45, 2.75) is 38.1 Å². The van der Waals surface area contributed by atoms with Gasteiger partial charge in [-0.15, -0.1) is 12.4 Å². The van der Waals surface area contributed by atoms with Crippen molar-refractivity contribution in [2.24, 2.45) is 11.7 Å². The topological polar surface area (TPSA) is 75.4 Å². The summed E-state index contributed by atoms with van der Waals surface area (Å²) in [7, 11) is 0. The third kappa shape index (κ3) is 4.73. The number of aromatic hydroxyl groups is 1. The van der Waals surface area contributed by atoms with Crippen LogP contribution in [0.3, 0.4) is 0 Å². The lowest BCUT2D eigenvalue weighted by atomic mass is 9.83. The SMILES string of the molecule is Cl.NC1CCCCC1CC(=O)Nc1cccc(O)c1. The van der Waals surface area contributed by atoms with Gasteiger partial charge in [0.15, 0.2) is 0 Å². The van der Waals surface area contributed by atoms with E-state index in [0.717, 1.165) is 19.3 Å². The molecule has 2 unspecified atom stereocenters. The Labute approximate surface area is 119 Å². The fourth-order valence-corrected chi connectivity index (χ4v) is 2.52. The molecule has 1 fully saturated rings. The summed E-state index contributed by atoms with van der Waals surface area (Å²) >= 11 is 0. The maximum Gasteiger partial charge on any atom is 0.224 e. The summed E-state index contributed by atoms with van der Waals surface area (Å²) in [5.41, 5.74) is 6.65. The highest BCUT2D eigenvalue weighted by Gasteiger charge is 2.24. The molecule has 0 aromatic heterocycles. The summed E-state index contributed by atoms with van der Waals surface area (Å²) in [5.74, 6) is 0.418. The standard InChI is InChI=1S/C14H20N2O2.ClH/c15-13-7-2-1-4-10(13)8-14(18)16-11-5-3-6-12(17)9-11;/h3,5-6,9-10,13,17H,1-2,4,7-8,15H2,(H,16,18);1H. The molecule has 1 aliphatic carbocycles. The molecule has 4 nitrogen and oxygen atoms in total. The maximum atomic E-state index is 11.9. The number of carbonyl (C=O) groups is 1. The van der Waals surface area contributed by atoms with Crippen LogP contribution < -0.4 is 11.1 Å². The molecule has 106 valence electrons. The van der Waals surface area contributed by atoms with Crippen LogP contribution in [0.4, 0.5) is 5.69 Å². The number of phenols is 1. The van der Waals surface area contributed by atoms with Gasteiger partial charge < -0.3 is 16.2 Å². The molecule has 0 saturated heterocycles. The van der Waals surface area contributed by atoms with Crippen LogP contribution in [-0.4, -0.2) is 17.1 Å². The number of anilines is 1. The minimum atomic E-state index is -0.0250. The van der Waals surface area contributed by atoms with Gasteiger partial charge in [0, 0.05) is 24.2 Å². The second-order valence-corrected chi connectivity index (χ2v) is 5.01. The molecule has 0 spiro atoms. The van der Waals surface area contributed by atoms with Crippen LogP contribution in [0, 0.1) is 5.92 Å². The van der Waals surface area contributed by atoms with Crippen molar-refractivity contribution in [1.82, 2.24) is 0 Å². The molecule has 19 heavy (non-hydrogen) atoms. The van der Waals surface area contributed by atoms with Gasteiger partial charge in [0.2, 0.25) is 5.91 Å². The molecule has 0 bridgehead atoms. The number of phenolic OH excluding ortho intramolecular Hbond substituents is 1. The predicted molar refractivity (Wildman–Crippen MR) is 78.5 cm³/mol. The van der Waals surface area contributed by atoms with Gasteiger partial charge in [0.05, 0.1) is 0 Å². The fourth-order valence-electron chi connectivity index (χ4n) is 2.52. The molecule has 1 aliphatic rings. The number of hydrogen-bond donors (Lipinski definition) is 3. The Morgan fingerprint density at radius 2 is 2.11 bits per heavy atom. The molecule has 1 amide bonds. The quantitative estimate of drug-likeness (QED) is 0.799. The first kappa shape index (κ1) is 15.8. The first-order valence-electron chi connectivity index (χ1n) is 6.49. The van der Waals surface area contributed by atoms with E-state index in [-0.39, 0.29) is 36.0 Å². The van der Waals surface area contributed by atoms with Gasteiger partial charge in [-0.3, -0.25) is 4.79 Å². The van der Waals surface area contributed by atoms with Crippen LogP contribution in [0.5, 0.6) is 5.75 Å². The molecule has 0 heterocycles. The fraction of sp³-hybridized carbons (Fsp3) is 0.500. The summed E-state index contributed by atoms with van der Waals surface area (Å²) in [5, 5.41) is 12.1. The van der Waals surface area contributed by atoms with Crippen LogP contribution in [-0.2, 0) is 4.79 Å². The first-order valence-corrected chi connectivity index (χ1v) is 6.49. The Hall–Kier alpha value is -1.26. The number of hydrogen-bond acceptors (Lipinski definition) is 3. The molecule has 1 aromatic carbocycles. The van der Waals surface area contributed by atoms with Crippen molar-refractivity contribution in [1.29, 1.82) is 0 Å². The molecule has 0 aliphatic heterocycles. The van der Waals surface area contributed by atoms with Crippen LogP contribution in [0.2, 0.25) is 0 Å². The van der Waals surface area contributed by atoms with Gasteiger partial charge >= 0.3 is 0 Å². The van der Waals surface area contributed by atoms with Gasteiger partial charge in [-0.2, -0.15) is 0 Å². The van der Waals surface area contributed by atoms with E-state index in [4.69, 9.17) is 5.73 Å². The lowest BCUT2D eigenvalue weighted by Crippen LogP contribution is -2.35. The van der Waals surface area contributed by atoms with E-state index in [1.165, 1.54) is 6.42 Å². The third-order valence-electron chi connectivity index (χ3n) is 3.55. The minimum absolute atomic E-state index is 0. The number of nitrogens with one attached hydrogen (secondary N) is 1. The van der Waals surface area contributed by atoms with Crippen molar-refractivity contribution in [3.8, 4) is 5.75 Å². The Balaban J connectivity index is 0.00000180. The Morgan fingerprint density at radius 1 is 1.37 bits per heavy atom. The van der Waals surface area contributed by atoms with Crippen LogP contribution in [0.25, 0.3) is 0 Å². The maximum absolute atomic E-state index is 11.9. The lowest BCUT2D eigenvalue weighted by molar-refractivity contribution is -0.117. The lowest BCUT2D eigenvalue weighted by Gasteiger charge is -2.27. The summed E-state index contributed by atoms with van der Waals surface area (Å²) in [6.07, 6.45) is 4.86. The Morgan fingerprint density at radius 3 is 2.79 bits per heavy atom. The molecule has 1 saturated carbocycles. The molecule has 2 rings (SSSR count). The molecular formula is C14H21ClN2O2. The first-order chi connectivity index (χ1) is 8.65. The van der Waals surface area contributed by atoms with Gasteiger partial charge in [-0.05, 0) is 30.9 Å². The number of rotatable bonds is 3. The highest BCUT2D eigenvalue weighted by atomic mass is 35.5. The zero-order valence-electron chi connectivity index (χ0n) is 10.8. The molecule has 4 N–H and O–H groups in total. The van der Waals surface area contributed by atoms with Crippen molar-refractivity contribution in [2.75, 3.05) is 5.32 Å². The Bertz CT molecular complexity index is 426. The third-order valence-corrected chi connectivity index (χ3v) is 3.55. The summed E-state index contributed by atoms with van der Waals surface area (Å²) < 4.78 is 0. The van der Waals surface area contributed by atoms with Crippen molar-refractivity contribution < 1.29 is 9.90 Å². The van der Waals surface area contributed by atoms with Gasteiger partial charge in [-0.1, -0.05) is 18.9 Å². The molecular weight excluding hydrogens is 264 g/mol. The monoisotopic (exact) mass is 284 g/mol. The zero-order chi connectivity index (χ0) is 13.0. The van der Waals surface area contributed by atoms with E-state index in [1.54, 1.807) is 24.3 Å². The largest absolute Gasteiger partial charge is 0.508 e. The van der Waals surface area contributed by atoms with E-state index in [2.05, 4.69) is 5.32 Å². The highest BCUT2D eigenvalue weighted by Crippen LogP contribution is 2.26. The van der Waals surface area contributed by atoms with Crippen molar-refractivity contribution in [3.05, 3.63) is 24.3 Å². The van der Waals surface area contributed by atoms with Crippen LogP contribution >= 0.6 is 12.4 Å². The van der Waals surface area contributed by atoms with E-state index >= 15 is 0 Å². The normalized spacial score (nSPS) is 22.4. The van der Waals surface area contributed by atoms with Gasteiger partial charge in [-0.25, -0.2) is 0 Å². The van der Waals surface area contributed by atoms with Crippen LogP contribution in [0.15, 0.2) is 24.3 Å². The van der Waals surface area contributed by atoms with Gasteiger partial charge in [0.1, 0.15) is 5.75 Å². The van der Waals surface area contributed by atoms with E-state index in [9.17, 15) is 9.90 Å². The Kier molecular flexibility index (Phi) is 6.12. The summed E-state index contributed by atoms with van der Waals surface area (Å²) in [6, 6.07) is 6.73. The van der Waals surface area contributed by atoms with Crippen molar-refractivity contribution in [3.63, 3.8) is 0 Å². The number of carbonyl (C=O) groups excluding carboxylic acids is 1. The summed E-state index contributed by atoms with van der Waals surface area (Å²) in [6.45, 7) is 0. The highest BCUT2D eigenvalue weighted by molar-refractivity contribution is 5.91. The molecule has 1 aromatic rings. The summed E-state index contributed by atoms with van der Waals surface area (Å²) in [4.78, 5) is 11.9. The van der Waals surface area contributed by atoms with Crippen LogP contribution in [0.1, 0.15) is 32.1 Å². The van der Waals surface area contributed by atoms with Crippen molar-refractivity contribution >= 4 is 24.0 Å². The average molecular weight is 285 g/mol. The smallest absolute Gasteiger partial charge is 0.224 e. The molecule has 5 heteroatoms. The van der Waals surface area contributed by atoms with E-state index < -0.39 is 0 Å². The number of nitrogens with two attached hydrogens (primary N) is 1. The zero-order valence-corrected chi connectivity index (χ0v) is 11.7. The predicted octanol–water partition coefficient (Wildman–Crippen LogP) is 2.66. The number of benzene rings is 1. The minimum Gasteiger partial charge on any atom is -0.508 e. The number of amides is 1. The van der Waals surface area contributed by atoms with E-state index in [1.807, 2.05) is 0 Å². The second-order valence-electron chi connectivity index (χ2n) is 5.01. The van der Waals surface area contributed by atoms with Gasteiger partial charge in [0.25, 0.3) is 0 Å².